The van der Waals surface area contributed by atoms with Crippen molar-refractivity contribution in [3.05, 3.63) is 54.6 Å². The lowest BCUT2D eigenvalue weighted by atomic mass is 10.3. The Balaban J connectivity index is 1.61. The third-order valence-electron chi connectivity index (χ3n) is 4.03. The third kappa shape index (κ3) is 2.98. The summed E-state index contributed by atoms with van der Waals surface area (Å²) in [6.07, 6.45) is 0. The molecule has 2 heterocycles. The number of carbonyl (C=O) groups excluding carboxylic acids is 2. The molecule has 4 rings (SSSR count). The molecular formula is C18H16N4O2S. The summed E-state index contributed by atoms with van der Waals surface area (Å²) in [5.74, 6) is 0.414. The lowest BCUT2D eigenvalue weighted by molar-refractivity contribution is -0.124. The second-order valence-electron chi connectivity index (χ2n) is 5.61. The van der Waals surface area contributed by atoms with Gasteiger partial charge in [0.15, 0.2) is 5.16 Å². The summed E-state index contributed by atoms with van der Waals surface area (Å²) in [6, 6.07) is 17.7. The molecule has 3 aromatic rings. The maximum atomic E-state index is 11.7. The lowest BCUT2D eigenvalue weighted by Gasteiger charge is -2.12. The molecule has 0 spiro atoms. The van der Waals surface area contributed by atoms with Crippen molar-refractivity contribution in [1.29, 1.82) is 0 Å². The first-order chi connectivity index (χ1) is 12.2. The fourth-order valence-corrected chi connectivity index (χ4v) is 3.79. The fourth-order valence-electron chi connectivity index (χ4n) is 2.84. The summed E-state index contributed by atoms with van der Waals surface area (Å²) in [4.78, 5) is 29.3. The van der Waals surface area contributed by atoms with Crippen LogP contribution in [-0.4, -0.2) is 45.2 Å². The molecule has 2 aromatic carbocycles. The van der Waals surface area contributed by atoms with Crippen LogP contribution in [0.4, 0.5) is 4.79 Å². The molecule has 1 saturated heterocycles. The standard InChI is InChI=1S/C18H16N4O2S/c23-16-12-19-17(24)21(16)10-11-25-18-20-14-8-4-5-9-15(14)22(18)13-6-2-1-3-7-13/h1-9H,10-12H2,(H,19,24). The third-order valence-corrected chi connectivity index (χ3v) is 4.95. The van der Waals surface area contributed by atoms with E-state index in [0.717, 1.165) is 21.9 Å². The molecule has 0 radical (unpaired) electrons. The molecule has 0 bridgehead atoms. The van der Waals surface area contributed by atoms with Crippen LogP contribution in [0.1, 0.15) is 0 Å². The van der Waals surface area contributed by atoms with Crippen molar-refractivity contribution < 1.29 is 9.59 Å². The number of hydrogen-bond acceptors (Lipinski definition) is 4. The summed E-state index contributed by atoms with van der Waals surface area (Å²) < 4.78 is 2.10. The minimum atomic E-state index is -0.317. The number of nitrogens with one attached hydrogen (secondary N) is 1. The molecule has 126 valence electrons. The minimum Gasteiger partial charge on any atom is -0.329 e. The van der Waals surface area contributed by atoms with Crippen LogP contribution < -0.4 is 5.32 Å². The van der Waals surface area contributed by atoms with Crippen molar-refractivity contribution >= 4 is 34.7 Å². The van der Waals surface area contributed by atoms with Crippen LogP contribution in [-0.2, 0) is 4.79 Å². The molecule has 1 aromatic heterocycles. The van der Waals surface area contributed by atoms with E-state index in [1.807, 2.05) is 54.6 Å². The van der Waals surface area contributed by atoms with Gasteiger partial charge in [-0.2, -0.15) is 0 Å². The zero-order valence-corrected chi connectivity index (χ0v) is 14.2. The Bertz CT molecular complexity index is 923. The number of aromatic nitrogens is 2. The molecule has 6 nitrogen and oxygen atoms in total. The quantitative estimate of drug-likeness (QED) is 0.566. The number of carbonyl (C=O) groups is 2. The van der Waals surface area contributed by atoms with Gasteiger partial charge in [-0.25, -0.2) is 9.78 Å². The number of imidazole rings is 1. The van der Waals surface area contributed by atoms with E-state index in [1.54, 1.807) is 0 Å². The van der Waals surface area contributed by atoms with Crippen molar-refractivity contribution in [2.45, 2.75) is 5.16 Å². The van der Waals surface area contributed by atoms with Crippen molar-refractivity contribution in [2.75, 3.05) is 18.8 Å². The smallest absolute Gasteiger partial charge is 0.324 e. The molecule has 1 aliphatic heterocycles. The zero-order chi connectivity index (χ0) is 17.2. The van der Waals surface area contributed by atoms with Gasteiger partial charge in [0.2, 0.25) is 5.91 Å². The summed E-state index contributed by atoms with van der Waals surface area (Å²) >= 11 is 1.54. The fraction of sp³-hybridized carbons (Fsp3) is 0.167. The number of fused-ring (bicyclic) bond motifs is 1. The van der Waals surface area contributed by atoms with Gasteiger partial charge in [-0.1, -0.05) is 42.1 Å². The van der Waals surface area contributed by atoms with Crippen LogP contribution in [0.25, 0.3) is 16.7 Å². The van der Waals surface area contributed by atoms with Crippen LogP contribution in [0.2, 0.25) is 0 Å². The molecule has 3 amide bonds. The van der Waals surface area contributed by atoms with E-state index in [2.05, 4.69) is 9.88 Å². The predicted molar refractivity (Wildman–Crippen MR) is 96.9 cm³/mol. The van der Waals surface area contributed by atoms with Gasteiger partial charge in [0.1, 0.15) is 0 Å². The number of nitrogens with zero attached hydrogens (tertiary/aromatic N) is 3. The Labute approximate surface area is 148 Å². The van der Waals surface area contributed by atoms with E-state index in [-0.39, 0.29) is 18.5 Å². The first-order valence-electron chi connectivity index (χ1n) is 7.98. The van der Waals surface area contributed by atoms with Gasteiger partial charge in [-0.3, -0.25) is 14.3 Å². The summed E-state index contributed by atoms with van der Waals surface area (Å²) in [7, 11) is 0. The number of imide groups is 1. The molecular weight excluding hydrogens is 336 g/mol. The highest BCUT2D eigenvalue weighted by Crippen LogP contribution is 2.28. The maximum Gasteiger partial charge on any atom is 0.324 e. The normalized spacial score (nSPS) is 14.3. The molecule has 1 aliphatic rings. The molecule has 1 N–H and O–H groups in total. The Kier molecular flexibility index (Phi) is 4.15. The van der Waals surface area contributed by atoms with E-state index in [4.69, 9.17) is 4.98 Å². The van der Waals surface area contributed by atoms with Gasteiger partial charge in [0.25, 0.3) is 0 Å². The first-order valence-corrected chi connectivity index (χ1v) is 8.96. The molecule has 25 heavy (non-hydrogen) atoms. The molecule has 0 unspecified atom stereocenters. The van der Waals surface area contributed by atoms with Crippen molar-refractivity contribution in [2.24, 2.45) is 0 Å². The number of amides is 3. The van der Waals surface area contributed by atoms with Crippen LogP contribution in [0.15, 0.2) is 59.8 Å². The van der Waals surface area contributed by atoms with E-state index in [0.29, 0.717) is 12.3 Å². The van der Waals surface area contributed by atoms with Crippen LogP contribution >= 0.6 is 11.8 Å². The predicted octanol–water partition coefficient (Wildman–Crippen LogP) is 2.67. The molecule has 0 aliphatic carbocycles. The van der Waals surface area contributed by atoms with Crippen LogP contribution in [0.3, 0.4) is 0 Å². The largest absolute Gasteiger partial charge is 0.329 e. The highest BCUT2D eigenvalue weighted by Gasteiger charge is 2.27. The average Bonchev–Trinajstić information content (AvgIpc) is 3.16. The summed E-state index contributed by atoms with van der Waals surface area (Å²) in [5, 5.41) is 3.38. The van der Waals surface area contributed by atoms with E-state index in [9.17, 15) is 9.59 Å². The minimum absolute atomic E-state index is 0.0893. The number of thioether (sulfide) groups is 1. The number of hydrogen-bond donors (Lipinski definition) is 1. The molecule has 0 saturated carbocycles. The van der Waals surface area contributed by atoms with Crippen molar-refractivity contribution in [3.63, 3.8) is 0 Å². The SMILES string of the molecule is O=C1CNC(=O)N1CCSc1nc2ccccc2n1-c1ccccc1. The molecule has 1 fully saturated rings. The topological polar surface area (TPSA) is 67.2 Å². The van der Waals surface area contributed by atoms with Gasteiger partial charge < -0.3 is 5.32 Å². The lowest BCUT2D eigenvalue weighted by Crippen LogP contribution is -2.32. The maximum absolute atomic E-state index is 11.7. The van der Waals surface area contributed by atoms with E-state index >= 15 is 0 Å². The molecule has 0 atom stereocenters. The highest BCUT2D eigenvalue weighted by atomic mass is 32.2. The highest BCUT2D eigenvalue weighted by molar-refractivity contribution is 7.99. The van der Waals surface area contributed by atoms with E-state index in [1.165, 1.54) is 16.7 Å². The van der Waals surface area contributed by atoms with Crippen LogP contribution in [0.5, 0.6) is 0 Å². The Hall–Kier alpha value is -2.80. The first kappa shape index (κ1) is 15.7. The van der Waals surface area contributed by atoms with Crippen molar-refractivity contribution in [3.8, 4) is 5.69 Å². The summed E-state index contributed by atoms with van der Waals surface area (Å²) in [5.41, 5.74) is 2.99. The van der Waals surface area contributed by atoms with Gasteiger partial charge >= 0.3 is 6.03 Å². The van der Waals surface area contributed by atoms with Crippen molar-refractivity contribution in [1.82, 2.24) is 19.8 Å². The second-order valence-corrected chi connectivity index (χ2v) is 6.67. The molecule has 7 heteroatoms. The number of urea groups is 1. The van der Waals surface area contributed by atoms with Gasteiger partial charge in [0, 0.05) is 18.0 Å². The van der Waals surface area contributed by atoms with Gasteiger partial charge in [-0.05, 0) is 24.3 Å². The number of rotatable bonds is 5. The van der Waals surface area contributed by atoms with Gasteiger partial charge in [0.05, 0.1) is 17.6 Å². The summed E-state index contributed by atoms with van der Waals surface area (Å²) in [6.45, 7) is 0.458. The Morgan fingerprint density at radius 3 is 2.56 bits per heavy atom. The average molecular weight is 352 g/mol. The second kappa shape index (κ2) is 6.60. The Morgan fingerprint density at radius 2 is 1.80 bits per heavy atom. The van der Waals surface area contributed by atoms with Crippen LogP contribution in [0, 0.1) is 0 Å². The Morgan fingerprint density at radius 1 is 1.04 bits per heavy atom. The van der Waals surface area contributed by atoms with E-state index < -0.39 is 0 Å². The zero-order valence-electron chi connectivity index (χ0n) is 13.4. The number of benzene rings is 2. The monoisotopic (exact) mass is 352 g/mol. The van der Waals surface area contributed by atoms with Gasteiger partial charge in [-0.15, -0.1) is 0 Å². The number of para-hydroxylation sites is 3.